The number of fused-ring (bicyclic) bond motifs is 1. The predicted octanol–water partition coefficient (Wildman–Crippen LogP) is 5.48. The molecule has 0 aliphatic heterocycles. The predicted molar refractivity (Wildman–Crippen MR) is 127 cm³/mol. The zero-order chi connectivity index (χ0) is 22.9. The fourth-order valence-electron chi connectivity index (χ4n) is 4.87. The summed E-state index contributed by atoms with van der Waals surface area (Å²) in [7, 11) is 0. The Labute approximate surface area is 194 Å². The van der Waals surface area contributed by atoms with Crippen molar-refractivity contribution in [3.63, 3.8) is 0 Å². The number of rotatable bonds is 4. The highest BCUT2D eigenvalue weighted by Crippen LogP contribution is 2.35. The van der Waals surface area contributed by atoms with E-state index in [0.717, 1.165) is 46.5 Å². The van der Waals surface area contributed by atoms with Crippen LogP contribution in [0.2, 0.25) is 0 Å². The summed E-state index contributed by atoms with van der Waals surface area (Å²) in [6.07, 6.45) is 9.21. The molecule has 0 radical (unpaired) electrons. The molecule has 0 spiro atoms. The lowest BCUT2D eigenvalue weighted by Crippen LogP contribution is -2.45. The highest BCUT2D eigenvalue weighted by molar-refractivity contribution is 7.20. The summed E-state index contributed by atoms with van der Waals surface area (Å²) in [4.78, 5) is 26.9. The topological polar surface area (TPSA) is 85.3 Å². The largest absolute Gasteiger partial charge is 0.444 e. The number of carbonyl (C=O) groups excluding carboxylic acids is 2. The molecule has 2 saturated carbocycles. The fourth-order valence-corrected chi connectivity index (χ4v) is 6.01. The lowest BCUT2D eigenvalue weighted by Gasteiger charge is -2.30. The molecule has 0 saturated heterocycles. The van der Waals surface area contributed by atoms with Gasteiger partial charge in [0.15, 0.2) is 0 Å². The van der Waals surface area contributed by atoms with Crippen LogP contribution < -0.4 is 10.6 Å². The summed E-state index contributed by atoms with van der Waals surface area (Å²) in [5.41, 5.74) is 0.515. The first kappa shape index (κ1) is 23.1. The number of alkyl carbamates (subject to hydrolysis) is 1. The van der Waals surface area contributed by atoms with Gasteiger partial charge in [-0.1, -0.05) is 19.3 Å². The van der Waals surface area contributed by atoms with Gasteiger partial charge in [-0.25, -0.2) is 4.79 Å². The van der Waals surface area contributed by atoms with E-state index in [1.807, 2.05) is 33.8 Å². The van der Waals surface area contributed by atoms with E-state index >= 15 is 0 Å². The van der Waals surface area contributed by atoms with Crippen LogP contribution in [0.4, 0.5) is 4.79 Å². The lowest BCUT2D eigenvalue weighted by atomic mass is 9.91. The van der Waals surface area contributed by atoms with Crippen molar-refractivity contribution in [3.8, 4) is 0 Å². The zero-order valence-electron chi connectivity index (χ0n) is 19.7. The van der Waals surface area contributed by atoms with Crippen LogP contribution in [0.15, 0.2) is 6.07 Å². The Kier molecular flexibility index (Phi) is 6.79. The molecule has 0 unspecified atom stereocenters. The van der Waals surface area contributed by atoms with Crippen molar-refractivity contribution in [1.82, 2.24) is 20.4 Å². The van der Waals surface area contributed by atoms with E-state index in [-0.39, 0.29) is 24.1 Å². The van der Waals surface area contributed by atoms with Gasteiger partial charge < -0.3 is 15.4 Å². The van der Waals surface area contributed by atoms with E-state index in [0.29, 0.717) is 6.04 Å². The van der Waals surface area contributed by atoms with Gasteiger partial charge in [-0.05, 0) is 72.3 Å². The standard InChI is InChI=1S/C24H36N4O3S/c1-15-19-14-20(32-22(19)28(27-15)18-8-6-5-7-9-18)21(29)25-16-10-12-17(13-11-16)26-23(30)31-24(2,3)4/h14,16-18H,5-13H2,1-4H3,(H,25,29)(H,26,30)/t16-,17-. The van der Waals surface area contributed by atoms with Crippen molar-refractivity contribution in [2.24, 2.45) is 0 Å². The molecule has 2 aliphatic carbocycles. The maximum absolute atomic E-state index is 13.0. The molecule has 2 aliphatic rings. The van der Waals surface area contributed by atoms with Crippen molar-refractivity contribution in [3.05, 3.63) is 16.6 Å². The van der Waals surface area contributed by atoms with E-state index in [2.05, 4.69) is 15.3 Å². The van der Waals surface area contributed by atoms with Crippen LogP contribution >= 0.6 is 11.3 Å². The second kappa shape index (κ2) is 9.41. The van der Waals surface area contributed by atoms with Gasteiger partial charge in [-0.15, -0.1) is 11.3 Å². The molecule has 32 heavy (non-hydrogen) atoms. The second-order valence-corrected chi connectivity index (χ2v) is 11.4. The van der Waals surface area contributed by atoms with Gasteiger partial charge in [-0.2, -0.15) is 5.10 Å². The first-order valence-corrected chi connectivity index (χ1v) is 12.8. The van der Waals surface area contributed by atoms with Gasteiger partial charge in [0.05, 0.1) is 16.6 Å². The number of nitrogens with one attached hydrogen (secondary N) is 2. The van der Waals surface area contributed by atoms with Crippen LogP contribution in [0.5, 0.6) is 0 Å². The number of hydrogen-bond acceptors (Lipinski definition) is 5. The number of amides is 2. The highest BCUT2D eigenvalue weighted by Gasteiger charge is 2.27. The molecule has 2 aromatic heterocycles. The third-order valence-corrected chi connectivity index (χ3v) is 7.62. The Morgan fingerprint density at radius 2 is 1.66 bits per heavy atom. The van der Waals surface area contributed by atoms with E-state index < -0.39 is 5.60 Å². The minimum absolute atomic E-state index is 0.00402. The molecule has 176 valence electrons. The van der Waals surface area contributed by atoms with E-state index in [9.17, 15) is 9.59 Å². The molecule has 7 nitrogen and oxygen atoms in total. The van der Waals surface area contributed by atoms with Crippen LogP contribution in [-0.2, 0) is 4.74 Å². The second-order valence-electron chi connectivity index (χ2n) is 10.3. The van der Waals surface area contributed by atoms with Gasteiger partial charge in [0.2, 0.25) is 0 Å². The summed E-state index contributed by atoms with van der Waals surface area (Å²) < 4.78 is 7.53. The zero-order valence-corrected chi connectivity index (χ0v) is 20.5. The average molecular weight is 461 g/mol. The number of ether oxygens (including phenoxy) is 1. The SMILES string of the molecule is Cc1nn(C2CCCCC2)c2sc(C(=O)N[C@H]3CC[C@H](NC(=O)OC(C)(C)C)CC3)cc12. The third kappa shape index (κ3) is 5.45. The van der Waals surface area contributed by atoms with Gasteiger partial charge in [0.1, 0.15) is 10.4 Å². The van der Waals surface area contributed by atoms with Crippen LogP contribution in [0.1, 0.15) is 100.0 Å². The maximum atomic E-state index is 13.0. The average Bonchev–Trinajstić information content (AvgIpc) is 3.29. The van der Waals surface area contributed by atoms with E-state index in [1.54, 1.807) is 11.3 Å². The van der Waals surface area contributed by atoms with Crippen LogP contribution in [-0.4, -0.2) is 39.5 Å². The molecule has 0 aromatic carbocycles. The minimum atomic E-state index is -0.494. The number of hydrogen-bond donors (Lipinski definition) is 2. The molecule has 2 heterocycles. The molecular formula is C24H36N4O3S. The van der Waals surface area contributed by atoms with Crippen LogP contribution in [0.3, 0.4) is 0 Å². The molecule has 0 bridgehead atoms. The Bertz CT molecular complexity index is 960. The Morgan fingerprint density at radius 3 is 2.28 bits per heavy atom. The quantitative estimate of drug-likeness (QED) is 0.633. The summed E-state index contributed by atoms with van der Waals surface area (Å²) in [5.74, 6) is 0.00402. The first-order valence-electron chi connectivity index (χ1n) is 12.0. The summed E-state index contributed by atoms with van der Waals surface area (Å²) >= 11 is 1.56. The normalized spacial score (nSPS) is 22.6. The molecule has 0 atom stereocenters. The van der Waals surface area contributed by atoms with Gasteiger partial charge in [0, 0.05) is 17.5 Å². The molecule has 2 amide bonds. The molecule has 8 heteroatoms. The van der Waals surface area contributed by atoms with Gasteiger partial charge in [-0.3, -0.25) is 9.48 Å². The van der Waals surface area contributed by atoms with Crippen LogP contribution in [0.25, 0.3) is 10.2 Å². The number of aryl methyl sites for hydroxylation is 1. The summed E-state index contributed by atoms with van der Waals surface area (Å²) in [6.45, 7) is 7.62. The minimum Gasteiger partial charge on any atom is -0.444 e. The lowest BCUT2D eigenvalue weighted by molar-refractivity contribution is 0.0488. The molecule has 2 N–H and O–H groups in total. The molecule has 2 aromatic rings. The monoisotopic (exact) mass is 460 g/mol. The van der Waals surface area contributed by atoms with Crippen molar-refractivity contribution in [2.75, 3.05) is 0 Å². The van der Waals surface area contributed by atoms with Crippen molar-refractivity contribution >= 4 is 33.6 Å². The summed E-state index contributed by atoms with van der Waals surface area (Å²) in [5, 5.41) is 12.1. The maximum Gasteiger partial charge on any atom is 0.407 e. The Balaban J connectivity index is 1.33. The smallest absolute Gasteiger partial charge is 0.407 e. The number of aromatic nitrogens is 2. The fraction of sp³-hybridized carbons (Fsp3) is 0.708. The van der Waals surface area contributed by atoms with E-state index in [4.69, 9.17) is 9.84 Å². The third-order valence-electron chi connectivity index (χ3n) is 6.50. The van der Waals surface area contributed by atoms with Gasteiger partial charge in [0.25, 0.3) is 5.91 Å². The number of thiophene rings is 1. The Morgan fingerprint density at radius 1 is 1.03 bits per heavy atom. The number of nitrogens with zero attached hydrogens (tertiary/aromatic N) is 2. The number of carbonyl (C=O) groups is 2. The van der Waals surface area contributed by atoms with E-state index in [1.165, 1.54) is 32.1 Å². The molecule has 2 fully saturated rings. The molecule has 4 rings (SSSR count). The molecular weight excluding hydrogens is 424 g/mol. The van der Waals surface area contributed by atoms with Crippen LogP contribution in [0, 0.1) is 6.92 Å². The first-order chi connectivity index (χ1) is 15.2. The van der Waals surface area contributed by atoms with Gasteiger partial charge >= 0.3 is 6.09 Å². The highest BCUT2D eigenvalue weighted by atomic mass is 32.1. The summed E-state index contributed by atoms with van der Waals surface area (Å²) in [6, 6.07) is 2.71. The van der Waals surface area contributed by atoms with Crippen molar-refractivity contribution in [2.45, 2.75) is 109 Å². The van der Waals surface area contributed by atoms with Crippen molar-refractivity contribution < 1.29 is 14.3 Å². The van der Waals surface area contributed by atoms with Crippen molar-refractivity contribution in [1.29, 1.82) is 0 Å². The Hall–Kier alpha value is -2.09.